The lowest BCUT2D eigenvalue weighted by atomic mass is 10.2. The van der Waals surface area contributed by atoms with Crippen LogP contribution in [0.2, 0.25) is 5.02 Å². The molecule has 0 aliphatic carbocycles. The Balaban J connectivity index is 0.000000107. The van der Waals surface area contributed by atoms with Gasteiger partial charge >= 0.3 is 0 Å². The van der Waals surface area contributed by atoms with Gasteiger partial charge in [-0.25, -0.2) is 59.7 Å². The molecule has 23 nitrogen and oxygen atoms in total. The first-order chi connectivity index (χ1) is 35.3. The van der Waals surface area contributed by atoms with E-state index in [0.717, 1.165) is 93.8 Å². The third-order valence-electron chi connectivity index (χ3n) is 11.9. The Kier molecular flexibility index (Phi) is 12.8. The van der Waals surface area contributed by atoms with E-state index in [2.05, 4.69) is 66.3 Å². The second kappa shape index (κ2) is 19.1. The molecule has 0 amide bonds. The lowest BCUT2D eigenvalue weighted by molar-refractivity contribution is 0.112. The fourth-order valence-corrected chi connectivity index (χ4v) is 12.1. The van der Waals surface area contributed by atoms with Gasteiger partial charge in [0.1, 0.15) is 5.65 Å². The van der Waals surface area contributed by atoms with Crippen LogP contribution in [0.3, 0.4) is 0 Å². The Morgan fingerprint density at radius 3 is 1.86 bits per heavy atom. The van der Waals surface area contributed by atoms with E-state index >= 15 is 0 Å². The van der Waals surface area contributed by atoms with E-state index in [4.69, 9.17) is 11.6 Å². The summed E-state index contributed by atoms with van der Waals surface area (Å²) < 4.78 is 57.1. The summed E-state index contributed by atoms with van der Waals surface area (Å²) in [5.41, 5.74) is 8.74. The zero-order chi connectivity index (χ0) is 52.4. The van der Waals surface area contributed by atoms with Gasteiger partial charge in [0.05, 0.1) is 61.3 Å². The average molecular weight is 1170 g/mol. The highest BCUT2D eigenvalue weighted by Gasteiger charge is 2.20. The molecule has 0 fully saturated rings. The summed E-state index contributed by atoms with van der Waals surface area (Å²) >= 11 is 7.89. The van der Waals surface area contributed by atoms with Crippen LogP contribution in [-0.4, -0.2) is 123 Å². The number of H-pyrrole nitrogens is 3. The summed E-state index contributed by atoms with van der Waals surface area (Å²) in [6.45, 7) is 1.99. The maximum atomic E-state index is 11.8. The number of hydrogen-bond acceptors (Lipinski definition) is 14. The molecule has 0 atom stereocenters. The van der Waals surface area contributed by atoms with Crippen LogP contribution in [0.25, 0.3) is 98.8 Å². The van der Waals surface area contributed by atoms with Crippen LogP contribution in [-0.2, 0) is 48.2 Å². The average Bonchev–Trinajstić information content (AvgIpc) is 4.21. The highest BCUT2D eigenvalue weighted by molar-refractivity contribution is 14.1. The number of halogens is 2. The Labute approximate surface area is 437 Å². The van der Waals surface area contributed by atoms with Crippen molar-refractivity contribution >= 4 is 159 Å². The van der Waals surface area contributed by atoms with Crippen LogP contribution in [0.1, 0.15) is 16.1 Å². The van der Waals surface area contributed by atoms with Crippen LogP contribution >= 0.6 is 34.2 Å². The van der Waals surface area contributed by atoms with Gasteiger partial charge in [-0.3, -0.25) is 23.5 Å². The van der Waals surface area contributed by atoms with Gasteiger partial charge in [-0.05, 0) is 59.8 Å². The van der Waals surface area contributed by atoms with Gasteiger partial charge < -0.3 is 15.2 Å². The number of rotatable bonds is 3. The molecule has 27 heteroatoms. The Morgan fingerprint density at radius 1 is 0.622 bits per heavy atom. The third-order valence-corrected chi connectivity index (χ3v) is 15.5. The molecule has 0 aromatic carbocycles. The second-order valence-electron chi connectivity index (χ2n) is 17.0. The number of aldehydes is 1. The molecule has 0 saturated heterocycles. The highest BCUT2D eigenvalue weighted by Crippen LogP contribution is 2.29. The predicted molar refractivity (Wildman–Crippen MR) is 293 cm³/mol. The van der Waals surface area contributed by atoms with Gasteiger partial charge in [0.15, 0.2) is 28.9 Å². The first kappa shape index (κ1) is 49.5. The number of carbonyl (C=O) groups is 1. The summed E-state index contributed by atoms with van der Waals surface area (Å²) in [4.78, 5) is 42.8. The van der Waals surface area contributed by atoms with Gasteiger partial charge in [0.25, 0.3) is 0 Å². The van der Waals surface area contributed by atoms with Crippen molar-refractivity contribution in [3.05, 3.63) is 125 Å². The zero-order valence-corrected chi connectivity index (χ0v) is 44.8. The fraction of sp³-hybridized carbons (Fsp3) is 0.149. The minimum Gasteiger partial charge on any atom is -0.346 e. The Hall–Kier alpha value is -8.08. The van der Waals surface area contributed by atoms with Gasteiger partial charge in [0, 0.05) is 144 Å². The first-order valence-corrected chi connectivity index (χ1v) is 27.2. The summed E-state index contributed by atoms with van der Waals surface area (Å²) in [6, 6.07) is 9.40. The van der Waals surface area contributed by atoms with Crippen molar-refractivity contribution in [1.29, 1.82) is 0 Å². The molecule has 74 heavy (non-hydrogen) atoms. The molecule has 14 rings (SSSR count). The number of hydrogen-bond donors (Lipinski definition) is 3. The molecule has 14 heterocycles. The SMILES string of the molecule is Cc1cc2c(ncc3c[nH]n(C)c32)n1.Cn1[nH]cc2cnc3nccc3c21.Cn1ncc2cnc3c(cc(I)n3S(C)(=O)=O)c21.Cn1ncc2cnc3c(ccn3S(C)(=O)=O)c21.O=Cc1cnc2[nH]ccc2c1Cl. The van der Waals surface area contributed by atoms with E-state index in [1.54, 1.807) is 58.7 Å². The van der Waals surface area contributed by atoms with Crippen molar-refractivity contribution in [3.8, 4) is 0 Å². The number of nitrogens with one attached hydrogen (secondary N) is 3. The molecule has 14 aromatic heterocycles. The van der Waals surface area contributed by atoms with Crippen molar-refractivity contribution in [2.45, 2.75) is 6.92 Å². The summed E-state index contributed by atoms with van der Waals surface area (Å²) in [5.74, 6) is 0. The minimum absolute atomic E-state index is 0.420. The maximum absolute atomic E-state index is 11.8. The van der Waals surface area contributed by atoms with Gasteiger partial charge in [-0.1, -0.05) is 11.6 Å². The van der Waals surface area contributed by atoms with E-state index in [0.29, 0.717) is 37.5 Å². The quantitative estimate of drug-likeness (QED) is 0.116. The molecular formula is C47H42ClIN18O5S2. The van der Waals surface area contributed by atoms with Crippen molar-refractivity contribution in [1.82, 2.24) is 86.9 Å². The van der Waals surface area contributed by atoms with Crippen molar-refractivity contribution in [2.75, 3.05) is 12.5 Å². The van der Waals surface area contributed by atoms with E-state index in [-0.39, 0.29) is 0 Å². The highest BCUT2D eigenvalue weighted by atomic mass is 127. The Bertz CT molecular complexity index is 4710. The standard InChI is InChI=1S/C10H9IN4O2S.C10H10N4O2S.C10H10N4.C9H8N4.C8H5ClN2O/c1-14-9-6(5-13-14)4-12-10-7(9)3-8(11)15(10)18(2,16)17;1-13-9-7(6-12-13)5-11-10-8(9)3-4-14(10)17(2,15)16;1-6-3-8-9-7(5-12-14(9)2)4-11-10(8)13-6;1-13-8-6(5-12-13)4-11-9-7(8)2-3-10-9;9-7-5(4-12)3-11-8-6(7)1-2-10-8/h3-5H,1-2H3;3-6H,1-2H3;3-5,12H,1-2H3;2-5,12H,1H3;1-4H,(H,10,11). The molecule has 14 aromatic rings. The number of carbonyl (C=O) groups excluding carboxylic acids is 1. The lowest BCUT2D eigenvalue weighted by Gasteiger charge is -2.03. The monoisotopic (exact) mass is 1160 g/mol. The van der Waals surface area contributed by atoms with Crippen molar-refractivity contribution in [3.63, 3.8) is 0 Å². The molecule has 0 unspecified atom stereocenters. The van der Waals surface area contributed by atoms with E-state index in [1.165, 1.54) is 26.6 Å². The predicted octanol–water partition coefficient (Wildman–Crippen LogP) is 7.30. The Morgan fingerprint density at radius 2 is 1.23 bits per heavy atom. The van der Waals surface area contributed by atoms with Crippen LogP contribution in [0.4, 0.5) is 0 Å². The summed E-state index contributed by atoms with van der Waals surface area (Å²) in [6.07, 6.45) is 23.8. The number of pyridine rings is 5. The molecule has 0 radical (unpaired) electrons. The normalized spacial score (nSPS) is 11.9. The number of aryl methyl sites for hydroxylation is 5. The number of aromatic amines is 3. The van der Waals surface area contributed by atoms with Crippen LogP contribution < -0.4 is 0 Å². The van der Waals surface area contributed by atoms with Crippen LogP contribution in [0.5, 0.6) is 0 Å². The van der Waals surface area contributed by atoms with E-state index in [9.17, 15) is 21.6 Å². The molecule has 3 N–H and O–H groups in total. The van der Waals surface area contributed by atoms with Gasteiger partial charge in [0.2, 0.25) is 20.0 Å². The van der Waals surface area contributed by atoms with E-state index < -0.39 is 20.0 Å². The first-order valence-electron chi connectivity index (χ1n) is 22.0. The molecule has 0 saturated carbocycles. The molecular weight excluding hydrogens is 1120 g/mol. The molecule has 0 bridgehead atoms. The fourth-order valence-electron chi connectivity index (χ4n) is 8.68. The van der Waals surface area contributed by atoms with Gasteiger partial charge in [-0.2, -0.15) is 10.2 Å². The molecule has 376 valence electrons. The number of fused-ring (bicyclic) bond motifs is 13. The van der Waals surface area contributed by atoms with Crippen LogP contribution in [0.15, 0.2) is 105 Å². The molecule has 0 aliphatic heterocycles. The molecule has 0 aliphatic rings. The van der Waals surface area contributed by atoms with Crippen LogP contribution in [0, 0.1) is 10.6 Å². The smallest absolute Gasteiger partial charge is 0.238 e. The lowest BCUT2D eigenvalue weighted by Crippen LogP contribution is -2.11. The van der Waals surface area contributed by atoms with Crippen molar-refractivity contribution in [2.24, 2.45) is 28.2 Å². The second-order valence-corrected chi connectivity index (χ2v) is 22.2. The number of aromatic nitrogens is 18. The summed E-state index contributed by atoms with van der Waals surface area (Å²) in [7, 11) is 0.925. The maximum Gasteiger partial charge on any atom is 0.238 e. The zero-order valence-electron chi connectivity index (χ0n) is 40.2. The molecule has 0 spiro atoms. The third kappa shape index (κ3) is 8.97. The van der Waals surface area contributed by atoms with Gasteiger partial charge in [-0.15, -0.1) is 0 Å². The van der Waals surface area contributed by atoms with Crippen molar-refractivity contribution < 1.29 is 21.6 Å². The van der Waals surface area contributed by atoms with E-state index in [1.807, 2.05) is 104 Å². The topological polar surface area (TPSA) is 278 Å². The largest absolute Gasteiger partial charge is 0.346 e. The minimum atomic E-state index is -3.36. The summed E-state index contributed by atoms with van der Waals surface area (Å²) in [5, 5.41) is 23.6. The number of nitrogens with zero attached hydrogens (tertiary/aromatic N) is 15.